The third kappa shape index (κ3) is 6.05. The van der Waals surface area contributed by atoms with E-state index in [4.69, 9.17) is 32.7 Å². The Balaban J connectivity index is 1.51. The Kier molecular flexibility index (Phi) is 7.82. The van der Waals surface area contributed by atoms with Crippen molar-refractivity contribution in [2.24, 2.45) is 0 Å². The largest absolute Gasteiger partial charge is 0.492 e. The normalized spacial score (nSPS) is 14.2. The van der Waals surface area contributed by atoms with Gasteiger partial charge in [-0.1, -0.05) is 23.2 Å². The van der Waals surface area contributed by atoms with Crippen molar-refractivity contribution in [3.05, 3.63) is 51.5 Å². The summed E-state index contributed by atoms with van der Waals surface area (Å²) in [6.07, 6.45) is 0.829. The Bertz CT molecular complexity index is 1040. The molecule has 3 N–H and O–H groups in total. The van der Waals surface area contributed by atoms with Gasteiger partial charge in [-0.3, -0.25) is 14.4 Å². The van der Waals surface area contributed by atoms with Crippen molar-refractivity contribution >= 4 is 46.6 Å². The second-order valence-electron chi connectivity index (χ2n) is 7.15. The Hall–Kier alpha value is -2.97. The second kappa shape index (κ2) is 10.6. The summed E-state index contributed by atoms with van der Waals surface area (Å²) >= 11 is 11.8. The molecule has 170 valence electrons. The van der Waals surface area contributed by atoms with Gasteiger partial charge in [0.15, 0.2) is 0 Å². The number of rotatable bonds is 8. The molecule has 0 unspecified atom stereocenters. The average molecular weight is 480 g/mol. The minimum atomic E-state index is -0.533. The number of halogens is 2. The van der Waals surface area contributed by atoms with E-state index in [-0.39, 0.29) is 29.8 Å². The number of hydrogen-bond donors (Lipinski definition) is 3. The van der Waals surface area contributed by atoms with Crippen LogP contribution in [-0.4, -0.2) is 43.5 Å². The first-order chi connectivity index (χ1) is 15.3. The van der Waals surface area contributed by atoms with E-state index in [1.165, 1.54) is 18.2 Å². The molecule has 0 fully saturated rings. The lowest BCUT2D eigenvalue weighted by atomic mass is 10.1. The first-order valence-corrected chi connectivity index (χ1v) is 10.8. The minimum Gasteiger partial charge on any atom is -0.492 e. The van der Waals surface area contributed by atoms with E-state index in [1.54, 1.807) is 6.07 Å². The molecular weight excluding hydrogens is 457 g/mol. The van der Waals surface area contributed by atoms with E-state index in [2.05, 4.69) is 16.0 Å². The molecule has 2 aromatic carbocycles. The van der Waals surface area contributed by atoms with Crippen molar-refractivity contribution in [2.75, 3.05) is 25.0 Å². The topological polar surface area (TPSA) is 106 Å². The lowest BCUT2D eigenvalue weighted by molar-refractivity contribution is -0.123. The van der Waals surface area contributed by atoms with E-state index in [0.717, 1.165) is 12.0 Å². The van der Waals surface area contributed by atoms with Gasteiger partial charge in [-0.25, -0.2) is 0 Å². The molecule has 32 heavy (non-hydrogen) atoms. The summed E-state index contributed by atoms with van der Waals surface area (Å²) in [5, 5.41) is 8.19. The molecule has 0 aromatic heterocycles. The van der Waals surface area contributed by atoms with E-state index in [1.807, 2.05) is 19.9 Å². The lowest BCUT2D eigenvalue weighted by Gasteiger charge is -2.14. The van der Waals surface area contributed by atoms with Crippen LogP contribution in [0.4, 0.5) is 5.69 Å². The van der Waals surface area contributed by atoms with Crippen LogP contribution in [-0.2, 0) is 16.0 Å². The second-order valence-corrected chi connectivity index (χ2v) is 8.00. The number of ether oxygens (including phenoxy) is 2. The Labute approximate surface area is 195 Å². The van der Waals surface area contributed by atoms with Gasteiger partial charge in [-0.2, -0.15) is 0 Å². The molecule has 1 heterocycles. The molecule has 10 heteroatoms. The predicted octanol–water partition coefficient (Wildman–Crippen LogP) is 3.20. The van der Waals surface area contributed by atoms with Gasteiger partial charge in [0.1, 0.15) is 17.6 Å². The molecule has 1 atom stereocenters. The molecule has 8 nitrogen and oxygen atoms in total. The maximum atomic E-state index is 12.3. The van der Waals surface area contributed by atoms with E-state index in [0.29, 0.717) is 28.8 Å². The molecule has 3 rings (SSSR count). The van der Waals surface area contributed by atoms with Gasteiger partial charge in [-0.15, -0.1) is 0 Å². The molecular formula is C22H23Cl2N3O5. The average Bonchev–Trinajstić information content (AvgIpc) is 3.09. The van der Waals surface area contributed by atoms with Crippen molar-refractivity contribution in [3.63, 3.8) is 0 Å². The van der Waals surface area contributed by atoms with E-state index in [9.17, 15) is 14.4 Å². The fourth-order valence-corrected chi connectivity index (χ4v) is 3.67. The summed E-state index contributed by atoms with van der Waals surface area (Å²) in [4.78, 5) is 36.5. The standard InChI is InChI=1S/C22H23Cl2N3O5/c1-3-31-19-7-13-6-12(2)32-18(13)9-17(19)27-21(29)11-25-20(28)10-26-22(30)15-5-4-14(23)8-16(15)24/h4-5,7-9,12H,3,6,10-11H2,1-2H3,(H,25,28)(H,26,30)(H,27,29)/t12-/m1/s1. The fraction of sp³-hybridized carbons (Fsp3) is 0.318. The smallest absolute Gasteiger partial charge is 0.253 e. The van der Waals surface area contributed by atoms with Crippen molar-refractivity contribution in [3.8, 4) is 11.5 Å². The summed E-state index contributed by atoms with van der Waals surface area (Å²) in [7, 11) is 0. The summed E-state index contributed by atoms with van der Waals surface area (Å²) in [6.45, 7) is 3.65. The minimum absolute atomic E-state index is 0.0580. The molecule has 0 saturated carbocycles. The maximum Gasteiger partial charge on any atom is 0.253 e. The van der Waals surface area contributed by atoms with Crippen molar-refractivity contribution < 1.29 is 23.9 Å². The fourth-order valence-electron chi connectivity index (χ4n) is 3.18. The molecule has 2 aromatic rings. The van der Waals surface area contributed by atoms with Crippen LogP contribution in [0.15, 0.2) is 30.3 Å². The van der Waals surface area contributed by atoms with Crippen molar-refractivity contribution in [1.82, 2.24) is 10.6 Å². The number of nitrogens with one attached hydrogen (secondary N) is 3. The molecule has 0 aliphatic carbocycles. The first kappa shape index (κ1) is 23.7. The molecule has 1 aliphatic rings. The number of fused-ring (bicyclic) bond motifs is 1. The zero-order chi connectivity index (χ0) is 23.3. The van der Waals surface area contributed by atoms with Crippen LogP contribution in [0.3, 0.4) is 0 Å². The van der Waals surface area contributed by atoms with Gasteiger partial charge in [0.05, 0.1) is 36.0 Å². The molecule has 3 amide bonds. The summed E-state index contributed by atoms with van der Waals surface area (Å²) in [6, 6.07) is 7.99. The highest BCUT2D eigenvalue weighted by Crippen LogP contribution is 2.38. The Morgan fingerprint density at radius 1 is 1.09 bits per heavy atom. The third-order valence-corrected chi connectivity index (χ3v) is 5.15. The third-order valence-electron chi connectivity index (χ3n) is 4.60. The maximum absolute atomic E-state index is 12.3. The van der Waals surface area contributed by atoms with Gasteiger partial charge in [0.25, 0.3) is 5.91 Å². The van der Waals surface area contributed by atoms with E-state index < -0.39 is 17.7 Å². The Morgan fingerprint density at radius 2 is 1.84 bits per heavy atom. The monoisotopic (exact) mass is 479 g/mol. The first-order valence-electron chi connectivity index (χ1n) is 10.0. The van der Waals surface area contributed by atoms with E-state index >= 15 is 0 Å². The van der Waals surface area contributed by atoms with Crippen LogP contribution >= 0.6 is 23.2 Å². The number of carbonyl (C=O) groups is 3. The number of amides is 3. The van der Waals surface area contributed by atoms with Gasteiger partial charge in [0.2, 0.25) is 11.8 Å². The number of hydrogen-bond acceptors (Lipinski definition) is 5. The van der Waals surface area contributed by atoms with Crippen molar-refractivity contribution in [1.29, 1.82) is 0 Å². The summed E-state index contributed by atoms with van der Waals surface area (Å²) in [5.41, 5.74) is 1.67. The number of carbonyl (C=O) groups excluding carboxylic acids is 3. The van der Waals surface area contributed by atoms with Crippen LogP contribution in [0.2, 0.25) is 10.0 Å². The molecule has 1 aliphatic heterocycles. The Morgan fingerprint density at radius 3 is 2.56 bits per heavy atom. The quantitative estimate of drug-likeness (QED) is 0.538. The van der Waals surface area contributed by atoms with Crippen LogP contribution in [0.5, 0.6) is 11.5 Å². The van der Waals surface area contributed by atoms with Crippen LogP contribution in [0.25, 0.3) is 0 Å². The lowest BCUT2D eigenvalue weighted by Crippen LogP contribution is -2.40. The zero-order valence-corrected chi connectivity index (χ0v) is 19.1. The van der Waals surface area contributed by atoms with Crippen molar-refractivity contribution in [2.45, 2.75) is 26.4 Å². The van der Waals surface area contributed by atoms with Gasteiger partial charge >= 0.3 is 0 Å². The van der Waals surface area contributed by atoms with Crippen LogP contribution < -0.4 is 25.4 Å². The zero-order valence-electron chi connectivity index (χ0n) is 17.6. The molecule has 0 spiro atoms. The highest BCUT2D eigenvalue weighted by atomic mass is 35.5. The van der Waals surface area contributed by atoms with Crippen LogP contribution in [0, 0.1) is 0 Å². The summed E-state index contributed by atoms with van der Waals surface area (Å²) in [5.74, 6) is -0.272. The highest BCUT2D eigenvalue weighted by molar-refractivity contribution is 6.36. The predicted molar refractivity (Wildman–Crippen MR) is 122 cm³/mol. The van der Waals surface area contributed by atoms with Crippen LogP contribution in [0.1, 0.15) is 29.8 Å². The highest BCUT2D eigenvalue weighted by Gasteiger charge is 2.22. The number of benzene rings is 2. The SMILES string of the molecule is CCOc1cc2c(cc1NC(=O)CNC(=O)CNC(=O)c1ccc(Cl)cc1Cl)O[C@H](C)C2. The summed E-state index contributed by atoms with van der Waals surface area (Å²) < 4.78 is 11.4. The van der Waals surface area contributed by atoms with Gasteiger partial charge < -0.3 is 25.4 Å². The molecule has 0 radical (unpaired) electrons. The van der Waals surface area contributed by atoms with Gasteiger partial charge in [-0.05, 0) is 38.1 Å². The molecule has 0 bridgehead atoms. The number of anilines is 1. The molecule has 0 saturated heterocycles. The van der Waals surface area contributed by atoms with Gasteiger partial charge in [0, 0.05) is 23.1 Å².